The summed E-state index contributed by atoms with van der Waals surface area (Å²) >= 11 is 1.93. The topological polar surface area (TPSA) is 40.5 Å². The molecule has 1 aromatic rings. The Labute approximate surface area is 111 Å². The second-order valence-electron chi connectivity index (χ2n) is 5.51. The molecule has 0 amide bonds. The molecule has 1 saturated carbocycles. The highest BCUT2D eigenvalue weighted by Crippen LogP contribution is 2.38. The van der Waals surface area contributed by atoms with E-state index in [2.05, 4.69) is 17.0 Å². The Hall–Kier alpha value is -0.870. The molecule has 1 aliphatic heterocycles. The Morgan fingerprint density at radius 2 is 2.06 bits per heavy atom. The molecule has 98 valence electrons. The van der Waals surface area contributed by atoms with Crippen LogP contribution in [0.2, 0.25) is 0 Å². The average Bonchev–Trinajstić information content (AvgIpc) is 2.92. The molecule has 2 fully saturated rings. The van der Waals surface area contributed by atoms with Crippen molar-refractivity contribution in [3.8, 4) is 0 Å². The summed E-state index contributed by atoms with van der Waals surface area (Å²) in [6.45, 7) is 2.36. The minimum atomic E-state index is -0.649. The molecule has 3 rings (SSSR count). The minimum absolute atomic E-state index is 0.140. The monoisotopic (exact) mass is 265 g/mol. The Morgan fingerprint density at radius 3 is 2.72 bits per heavy atom. The van der Waals surface area contributed by atoms with Crippen molar-refractivity contribution in [3.63, 3.8) is 0 Å². The van der Waals surface area contributed by atoms with Gasteiger partial charge in [-0.25, -0.2) is 0 Å². The normalized spacial score (nSPS) is 22.2. The van der Waals surface area contributed by atoms with E-state index >= 15 is 0 Å². The van der Waals surface area contributed by atoms with Crippen LogP contribution < -0.4 is 0 Å². The lowest BCUT2D eigenvalue weighted by molar-refractivity contribution is -0.147. The van der Waals surface area contributed by atoms with Gasteiger partial charge in [-0.1, -0.05) is 12.8 Å². The van der Waals surface area contributed by atoms with Crippen LogP contribution in [0.3, 0.4) is 0 Å². The van der Waals surface area contributed by atoms with Gasteiger partial charge in [0, 0.05) is 29.4 Å². The van der Waals surface area contributed by atoms with Gasteiger partial charge in [-0.2, -0.15) is 0 Å². The molecule has 18 heavy (non-hydrogen) atoms. The first-order valence-corrected chi connectivity index (χ1v) is 7.58. The molecule has 1 saturated heterocycles. The summed E-state index contributed by atoms with van der Waals surface area (Å²) < 4.78 is 0. The third kappa shape index (κ3) is 2.45. The van der Waals surface area contributed by atoms with Crippen LogP contribution >= 0.6 is 11.3 Å². The highest BCUT2D eigenvalue weighted by atomic mass is 32.1. The van der Waals surface area contributed by atoms with E-state index < -0.39 is 5.97 Å². The van der Waals surface area contributed by atoms with Gasteiger partial charge in [0.05, 0.1) is 5.92 Å². The predicted molar refractivity (Wildman–Crippen MR) is 71.9 cm³/mol. The van der Waals surface area contributed by atoms with E-state index in [9.17, 15) is 4.79 Å². The van der Waals surface area contributed by atoms with Crippen LogP contribution in [0.5, 0.6) is 0 Å². The quantitative estimate of drug-likeness (QED) is 0.910. The summed E-state index contributed by atoms with van der Waals surface area (Å²) in [5.41, 5.74) is 0. The number of rotatable bonds is 4. The van der Waals surface area contributed by atoms with E-state index in [-0.39, 0.29) is 5.92 Å². The van der Waals surface area contributed by atoms with E-state index in [1.165, 1.54) is 35.4 Å². The van der Waals surface area contributed by atoms with Gasteiger partial charge < -0.3 is 5.11 Å². The third-order valence-corrected chi connectivity index (χ3v) is 5.36. The Balaban J connectivity index is 1.53. The average molecular weight is 265 g/mol. The number of thiophene rings is 1. The van der Waals surface area contributed by atoms with Gasteiger partial charge in [0.2, 0.25) is 0 Å². The highest BCUT2D eigenvalue weighted by molar-refractivity contribution is 7.12. The largest absolute Gasteiger partial charge is 0.481 e. The number of nitrogens with zero attached hydrogens (tertiary/aromatic N) is 1. The van der Waals surface area contributed by atoms with Crippen LogP contribution in [0, 0.1) is 5.92 Å². The second kappa shape index (κ2) is 5.02. The lowest BCUT2D eigenvalue weighted by Gasteiger charge is -2.36. The van der Waals surface area contributed by atoms with E-state index in [1.54, 1.807) is 0 Å². The van der Waals surface area contributed by atoms with Gasteiger partial charge in [0.1, 0.15) is 0 Å². The van der Waals surface area contributed by atoms with Gasteiger partial charge in [-0.05, 0) is 30.9 Å². The summed E-state index contributed by atoms with van der Waals surface area (Å²) in [5.74, 6) is 0.00949. The van der Waals surface area contributed by atoms with Crippen molar-refractivity contribution < 1.29 is 9.90 Å². The number of aliphatic carboxylic acids is 1. The summed E-state index contributed by atoms with van der Waals surface area (Å²) in [6.07, 6.45) is 5.46. The lowest BCUT2D eigenvalue weighted by Crippen LogP contribution is -2.49. The van der Waals surface area contributed by atoms with Gasteiger partial charge >= 0.3 is 5.97 Å². The first-order chi connectivity index (χ1) is 8.72. The van der Waals surface area contributed by atoms with Crippen molar-refractivity contribution in [2.45, 2.75) is 38.1 Å². The zero-order chi connectivity index (χ0) is 12.5. The molecule has 0 radical (unpaired) electrons. The van der Waals surface area contributed by atoms with Crippen molar-refractivity contribution >= 4 is 17.3 Å². The zero-order valence-corrected chi connectivity index (χ0v) is 11.3. The number of hydrogen-bond acceptors (Lipinski definition) is 3. The molecule has 1 aliphatic carbocycles. The molecule has 0 spiro atoms. The summed E-state index contributed by atoms with van der Waals surface area (Å²) in [7, 11) is 0. The fourth-order valence-electron chi connectivity index (χ4n) is 2.98. The zero-order valence-electron chi connectivity index (χ0n) is 10.5. The summed E-state index contributed by atoms with van der Waals surface area (Å²) in [6, 6.07) is 4.51. The SMILES string of the molecule is O=C(O)C1CN(Cc2ccc(C3CCCC3)s2)C1. The lowest BCUT2D eigenvalue weighted by atomic mass is 10.0. The maximum absolute atomic E-state index is 10.7. The molecule has 1 aromatic heterocycles. The number of hydrogen-bond donors (Lipinski definition) is 1. The van der Waals surface area contributed by atoms with Crippen molar-refractivity contribution in [1.29, 1.82) is 0 Å². The number of carbonyl (C=O) groups is 1. The fraction of sp³-hybridized carbons (Fsp3) is 0.643. The predicted octanol–water partition coefficient (Wildman–Crippen LogP) is 2.92. The van der Waals surface area contributed by atoms with Crippen LogP contribution in [0.15, 0.2) is 12.1 Å². The highest BCUT2D eigenvalue weighted by Gasteiger charge is 2.32. The van der Waals surface area contributed by atoms with Crippen LogP contribution in [-0.2, 0) is 11.3 Å². The Kier molecular flexibility index (Phi) is 3.39. The van der Waals surface area contributed by atoms with Gasteiger partial charge in [-0.3, -0.25) is 9.69 Å². The Morgan fingerprint density at radius 1 is 1.33 bits per heavy atom. The van der Waals surface area contributed by atoms with Crippen LogP contribution in [-0.4, -0.2) is 29.1 Å². The molecule has 0 unspecified atom stereocenters. The smallest absolute Gasteiger partial charge is 0.309 e. The molecule has 0 aromatic carbocycles. The molecule has 2 heterocycles. The number of carboxylic acid groups (broad SMARTS) is 1. The molecule has 4 heteroatoms. The minimum Gasteiger partial charge on any atom is -0.481 e. The first-order valence-electron chi connectivity index (χ1n) is 6.76. The van der Waals surface area contributed by atoms with E-state index in [1.807, 2.05) is 11.3 Å². The molecular formula is C14H19NO2S. The van der Waals surface area contributed by atoms with Crippen molar-refractivity contribution in [1.82, 2.24) is 4.90 Å². The third-order valence-electron chi connectivity index (χ3n) is 4.13. The van der Waals surface area contributed by atoms with Crippen LogP contribution in [0.25, 0.3) is 0 Å². The van der Waals surface area contributed by atoms with Crippen molar-refractivity contribution in [3.05, 3.63) is 21.9 Å². The molecule has 0 atom stereocenters. The molecule has 3 nitrogen and oxygen atoms in total. The van der Waals surface area contributed by atoms with E-state index in [4.69, 9.17) is 5.11 Å². The number of likely N-dealkylation sites (tertiary alicyclic amines) is 1. The number of carboxylic acids is 1. The van der Waals surface area contributed by atoms with Gasteiger partial charge in [0.15, 0.2) is 0 Å². The maximum atomic E-state index is 10.7. The first kappa shape index (κ1) is 12.2. The van der Waals surface area contributed by atoms with Crippen LogP contribution in [0.1, 0.15) is 41.4 Å². The summed E-state index contributed by atoms with van der Waals surface area (Å²) in [5, 5.41) is 8.84. The van der Waals surface area contributed by atoms with E-state index in [0.717, 1.165) is 12.5 Å². The van der Waals surface area contributed by atoms with Gasteiger partial charge in [0.25, 0.3) is 0 Å². The molecule has 0 bridgehead atoms. The van der Waals surface area contributed by atoms with Crippen molar-refractivity contribution in [2.24, 2.45) is 5.92 Å². The van der Waals surface area contributed by atoms with Gasteiger partial charge in [-0.15, -0.1) is 11.3 Å². The van der Waals surface area contributed by atoms with Crippen molar-refractivity contribution in [2.75, 3.05) is 13.1 Å². The molecule has 1 N–H and O–H groups in total. The summed E-state index contributed by atoms with van der Waals surface area (Å²) in [4.78, 5) is 15.9. The Bertz CT molecular complexity index is 431. The maximum Gasteiger partial charge on any atom is 0.309 e. The molecular weight excluding hydrogens is 246 g/mol. The standard InChI is InChI=1S/C14H19NO2S/c16-14(17)11-7-15(8-11)9-12-5-6-13(18-12)10-3-1-2-4-10/h5-6,10-11H,1-4,7-9H2,(H,16,17). The van der Waals surface area contributed by atoms with Crippen LogP contribution in [0.4, 0.5) is 0 Å². The second-order valence-corrected chi connectivity index (χ2v) is 6.71. The molecule has 2 aliphatic rings. The van der Waals surface area contributed by atoms with E-state index in [0.29, 0.717) is 13.1 Å². The fourth-order valence-corrected chi connectivity index (χ4v) is 4.21.